The van der Waals surface area contributed by atoms with Gasteiger partial charge in [-0.1, -0.05) is 17.7 Å². The SMILES string of the molecule is Cc1ccc(N)c(SCc2cc(Cl)ccc2[N+](=O)[O-])c1. The topological polar surface area (TPSA) is 69.2 Å². The highest BCUT2D eigenvalue weighted by Crippen LogP contribution is 2.33. The number of hydrogen-bond acceptors (Lipinski definition) is 4. The molecule has 6 heteroatoms. The summed E-state index contributed by atoms with van der Waals surface area (Å²) in [6.45, 7) is 1.98. The normalized spacial score (nSPS) is 10.5. The fourth-order valence-corrected chi connectivity index (χ4v) is 3.01. The molecule has 0 amide bonds. The molecule has 0 aliphatic heterocycles. The fraction of sp³-hybridized carbons (Fsp3) is 0.143. The Kier molecular flexibility index (Phi) is 4.52. The summed E-state index contributed by atoms with van der Waals surface area (Å²) < 4.78 is 0. The summed E-state index contributed by atoms with van der Waals surface area (Å²) in [7, 11) is 0. The van der Waals surface area contributed by atoms with Crippen LogP contribution in [0.5, 0.6) is 0 Å². The summed E-state index contributed by atoms with van der Waals surface area (Å²) in [5.74, 6) is 0.449. The number of halogens is 1. The predicted molar refractivity (Wildman–Crippen MR) is 83.3 cm³/mol. The van der Waals surface area contributed by atoms with Crippen LogP contribution in [0.2, 0.25) is 5.02 Å². The molecular formula is C14H13ClN2O2S. The summed E-state index contributed by atoms with van der Waals surface area (Å²) in [6.07, 6.45) is 0. The van der Waals surface area contributed by atoms with Gasteiger partial charge in [-0.2, -0.15) is 0 Å². The van der Waals surface area contributed by atoms with Crippen molar-refractivity contribution in [3.63, 3.8) is 0 Å². The number of nitro benzene ring substituents is 1. The molecule has 0 unspecified atom stereocenters. The minimum absolute atomic E-state index is 0.0770. The number of nitrogen functional groups attached to an aromatic ring is 1. The number of rotatable bonds is 4. The second-order valence-electron chi connectivity index (χ2n) is 4.36. The predicted octanol–water partition coefficient (Wildman–Crippen LogP) is 4.43. The van der Waals surface area contributed by atoms with E-state index in [-0.39, 0.29) is 5.69 Å². The van der Waals surface area contributed by atoms with Crippen molar-refractivity contribution in [2.24, 2.45) is 0 Å². The first kappa shape index (κ1) is 14.7. The molecule has 0 saturated carbocycles. The molecule has 20 heavy (non-hydrogen) atoms. The van der Waals surface area contributed by atoms with Crippen LogP contribution in [-0.2, 0) is 5.75 Å². The molecule has 0 saturated heterocycles. The monoisotopic (exact) mass is 308 g/mol. The number of thioether (sulfide) groups is 1. The molecule has 2 aromatic carbocycles. The lowest BCUT2D eigenvalue weighted by Gasteiger charge is -2.07. The van der Waals surface area contributed by atoms with Crippen molar-refractivity contribution in [3.05, 3.63) is 62.7 Å². The molecule has 0 heterocycles. The Hall–Kier alpha value is -1.72. The molecule has 0 radical (unpaired) electrons. The molecule has 2 N–H and O–H groups in total. The highest BCUT2D eigenvalue weighted by Gasteiger charge is 2.14. The van der Waals surface area contributed by atoms with Crippen molar-refractivity contribution < 1.29 is 4.92 Å². The van der Waals surface area contributed by atoms with Crippen molar-refractivity contribution in [2.45, 2.75) is 17.6 Å². The number of benzene rings is 2. The van der Waals surface area contributed by atoms with Crippen LogP contribution >= 0.6 is 23.4 Å². The molecule has 0 fully saturated rings. The average molecular weight is 309 g/mol. The van der Waals surface area contributed by atoms with Crippen molar-refractivity contribution >= 4 is 34.7 Å². The van der Waals surface area contributed by atoms with E-state index in [1.165, 1.54) is 23.9 Å². The first-order valence-corrected chi connectivity index (χ1v) is 7.25. The summed E-state index contributed by atoms with van der Waals surface area (Å²) in [4.78, 5) is 11.5. The van der Waals surface area contributed by atoms with Crippen molar-refractivity contribution in [2.75, 3.05) is 5.73 Å². The van der Waals surface area contributed by atoms with Gasteiger partial charge < -0.3 is 5.73 Å². The molecule has 104 valence electrons. The van der Waals surface area contributed by atoms with Crippen LogP contribution in [0.25, 0.3) is 0 Å². The molecule has 2 aromatic rings. The zero-order valence-electron chi connectivity index (χ0n) is 10.8. The molecular weight excluding hydrogens is 296 g/mol. The highest BCUT2D eigenvalue weighted by molar-refractivity contribution is 7.98. The van der Waals surface area contributed by atoms with E-state index in [9.17, 15) is 10.1 Å². The van der Waals surface area contributed by atoms with Gasteiger partial charge in [0, 0.05) is 33.0 Å². The number of nitrogens with two attached hydrogens (primary N) is 1. The lowest BCUT2D eigenvalue weighted by molar-refractivity contribution is -0.385. The molecule has 4 nitrogen and oxygen atoms in total. The van der Waals surface area contributed by atoms with Gasteiger partial charge in [-0.25, -0.2) is 0 Å². The Bertz CT molecular complexity index is 662. The lowest BCUT2D eigenvalue weighted by atomic mass is 10.2. The van der Waals surface area contributed by atoms with Crippen LogP contribution < -0.4 is 5.73 Å². The van der Waals surface area contributed by atoms with E-state index in [2.05, 4.69) is 0 Å². The van der Waals surface area contributed by atoms with Crippen LogP contribution in [-0.4, -0.2) is 4.92 Å². The van der Waals surface area contributed by atoms with E-state index in [1.54, 1.807) is 6.07 Å². The Morgan fingerprint density at radius 1 is 1.30 bits per heavy atom. The van der Waals surface area contributed by atoms with Gasteiger partial charge >= 0.3 is 0 Å². The van der Waals surface area contributed by atoms with Crippen molar-refractivity contribution in [3.8, 4) is 0 Å². The van der Waals surface area contributed by atoms with Crippen LogP contribution in [0.1, 0.15) is 11.1 Å². The van der Waals surface area contributed by atoms with Gasteiger partial charge in [0.1, 0.15) is 0 Å². The Morgan fingerprint density at radius 3 is 2.75 bits per heavy atom. The largest absolute Gasteiger partial charge is 0.398 e. The van der Waals surface area contributed by atoms with Gasteiger partial charge in [0.2, 0.25) is 0 Å². The van der Waals surface area contributed by atoms with E-state index in [0.29, 0.717) is 22.0 Å². The average Bonchev–Trinajstić information content (AvgIpc) is 2.39. The third-order valence-corrected chi connectivity index (χ3v) is 4.15. The van der Waals surface area contributed by atoms with E-state index < -0.39 is 4.92 Å². The van der Waals surface area contributed by atoms with E-state index >= 15 is 0 Å². The number of anilines is 1. The van der Waals surface area contributed by atoms with E-state index in [4.69, 9.17) is 17.3 Å². The maximum absolute atomic E-state index is 11.0. The maximum Gasteiger partial charge on any atom is 0.273 e. The molecule has 0 bridgehead atoms. The zero-order valence-corrected chi connectivity index (χ0v) is 12.4. The molecule has 0 aliphatic carbocycles. The molecule has 2 rings (SSSR count). The zero-order chi connectivity index (χ0) is 14.7. The first-order valence-electron chi connectivity index (χ1n) is 5.89. The van der Waals surface area contributed by atoms with Crippen molar-refractivity contribution in [1.29, 1.82) is 0 Å². The first-order chi connectivity index (χ1) is 9.47. The Balaban J connectivity index is 2.24. The number of aryl methyl sites for hydroxylation is 1. The second kappa shape index (κ2) is 6.15. The third kappa shape index (κ3) is 3.43. The standard InChI is InChI=1S/C14H13ClN2O2S/c1-9-2-4-12(16)14(6-9)20-8-10-7-11(15)3-5-13(10)17(18)19/h2-7H,8,16H2,1H3. The highest BCUT2D eigenvalue weighted by atomic mass is 35.5. The summed E-state index contributed by atoms with van der Waals surface area (Å²) in [6, 6.07) is 10.3. The van der Waals surface area contributed by atoms with Crippen LogP contribution in [0.4, 0.5) is 11.4 Å². The third-order valence-electron chi connectivity index (χ3n) is 2.79. The van der Waals surface area contributed by atoms with Gasteiger partial charge in [0.25, 0.3) is 5.69 Å². The van der Waals surface area contributed by atoms with Gasteiger partial charge in [0.15, 0.2) is 0 Å². The Labute approximate surface area is 126 Å². The lowest BCUT2D eigenvalue weighted by Crippen LogP contribution is -1.95. The van der Waals surface area contributed by atoms with Gasteiger partial charge in [-0.3, -0.25) is 10.1 Å². The van der Waals surface area contributed by atoms with Crippen LogP contribution in [0, 0.1) is 17.0 Å². The summed E-state index contributed by atoms with van der Waals surface area (Å²) in [5.41, 5.74) is 8.34. The molecule has 0 aromatic heterocycles. The van der Waals surface area contributed by atoms with Crippen LogP contribution in [0.15, 0.2) is 41.3 Å². The minimum atomic E-state index is -0.397. The smallest absolute Gasteiger partial charge is 0.273 e. The second-order valence-corrected chi connectivity index (χ2v) is 5.81. The molecule has 0 spiro atoms. The molecule has 0 atom stereocenters. The summed E-state index contributed by atoms with van der Waals surface area (Å²) in [5, 5.41) is 11.5. The molecule has 0 aliphatic rings. The van der Waals surface area contributed by atoms with Crippen molar-refractivity contribution in [1.82, 2.24) is 0 Å². The Morgan fingerprint density at radius 2 is 2.05 bits per heavy atom. The number of nitrogens with zero attached hydrogens (tertiary/aromatic N) is 1. The maximum atomic E-state index is 11.0. The van der Waals surface area contributed by atoms with E-state index in [1.807, 2.05) is 25.1 Å². The summed E-state index contributed by atoms with van der Waals surface area (Å²) >= 11 is 7.37. The number of nitro groups is 1. The van der Waals surface area contributed by atoms with Crippen LogP contribution in [0.3, 0.4) is 0 Å². The quantitative estimate of drug-likeness (QED) is 0.392. The van der Waals surface area contributed by atoms with Gasteiger partial charge in [-0.15, -0.1) is 11.8 Å². The minimum Gasteiger partial charge on any atom is -0.398 e. The van der Waals surface area contributed by atoms with Gasteiger partial charge in [0.05, 0.1) is 4.92 Å². The fourth-order valence-electron chi connectivity index (χ4n) is 1.77. The van der Waals surface area contributed by atoms with E-state index in [0.717, 1.165) is 10.5 Å². The van der Waals surface area contributed by atoms with Gasteiger partial charge in [-0.05, 0) is 36.8 Å². The number of hydrogen-bond donors (Lipinski definition) is 1.